The molecule has 4 nitrogen and oxygen atoms in total. The summed E-state index contributed by atoms with van der Waals surface area (Å²) in [6.07, 6.45) is -0.357. The van der Waals surface area contributed by atoms with Gasteiger partial charge in [-0.1, -0.05) is 37.6 Å². The van der Waals surface area contributed by atoms with E-state index < -0.39 is 16.1 Å². The number of aliphatic hydroxyl groups excluding tert-OH is 1. The first kappa shape index (κ1) is 17.3. The van der Waals surface area contributed by atoms with Crippen LogP contribution in [0.2, 0.25) is 5.02 Å². The molecule has 0 bridgehead atoms. The standard InChI is InChI=1S/C18H20ClNO3S/c1-12(2)13-3-6-15(7-4-13)24(22,23)20-10-9-18(21)16-11-14(19)5-8-17(16)20/h3-8,11-12,18,21H,9-10H2,1-2H3. The average Bonchev–Trinajstić information content (AvgIpc) is 2.55. The first-order valence-corrected chi connectivity index (χ1v) is 9.72. The molecule has 1 unspecified atom stereocenters. The van der Waals surface area contributed by atoms with Crippen molar-refractivity contribution in [2.75, 3.05) is 10.8 Å². The van der Waals surface area contributed by atoms with Gasteiger partial charge in [0.1, 0.15) is 0 Å². The van der Waals surface area contributed by atoms with Crippen LogP contribution in [0.3, 0.4) is 0 Å². The number of hydrogen-bond acceptors (Lipinski definition) is 3. The molecule has 0 saturated carbocycles. The maximum absolute atomic E-state index is 13.0. The van der Waals surface area contributed by atoms with Gasteiger partial charge in [0.05, 0.1) is 16.7 Å². The quantitative estimate of drug-likeness (QED) is 0.890. The van der Waals surface area contributed by atoms with Gasteiger partial charge in [-0.05, 0) is 48.2 Å². The van der Waals surface area contributed by atoms with Gasteiger partial charge in [0.2, 0.25) is 0 Å². The third kappa shape index (κ3) is 3.04. The highest BCUT2D eigenvalue weighted by Crippen LogP contribution is 2.38. The van der Waals surface area contributed by atoms with Crippen molar-refractivity contribution in [2.45, 2.75) is 37.2 Å². The zero-order chi connectivity index (χ0) is 17.5. The summed E-state index contributed by atoms with van der Waals surface area (Å²) in [5, 5.41) is 10.6. The summed E-state index contributed by atoms with van der Waals surface area (Å²) in [7, 11) is -3.68. The molecule has 1 aliphatic rings. The number of nitrogens with zero attached hydrogens (tertiary/aromatic N) is 1. The summed E-state index contributed by atoms with van der Waals surface area (Å²) in [5.74, 6) is 0.342. The van der Waals surface area contributed by atoms with E-state index in [9.17, 15) is 13.5 Å². The van der Waals surface area contributed by atoms with E-state index in [1.165, 1.54) is 4.31 Å². The minimum Gasteiger partial charge on any atom is -0.388 e. The van der Waals surface area contributed by atoms with Crippen molar-refractivity contribution >= 4 is 27.3 Å². The van der Waals surface area contributed by atoms with E-state index >= 15 is 0 Å². The lowest BCUT2D eigenvalue weighted by Crippen LogP contribution is -2.36. The van der Waals surface area contributed by atoms with Gasteiger partial charge in [0.15, 0.2) is 0 Å². The van der Waals surface area contributed by atoms with E-state index in [0.29, 0.717) is 28.6 Å². The van der Waals surface area contributed by atoms with Crippen LogP contribution in [-0.2, 0) is 10.0 Å². The molecule has 2 aromatic carbocycles. The Morgan fingerprint density at radius 3 is 2.46 bits per heavy atom. The smallest absolute Gasteiger partial charge is 0.264 e. The molecule has 0 fully saturated rings. The van der Waals surface area contributed by atoms with Crippen LogP contribution < -0.4 is 4.31 Å². The van der Waals surface area contributed by atoms with Gasteiger partial charge >= 0.3 is 0 Å². The summed E-state index contributed by atoms with van der Waals surface area (Å²) in [6, 6.07) is 11.9. The average molecular weight is 366 g/mol. The molecule has 0 radical (unpaired) electrons. The fraction of sp³-hybridized carbons (Fsp3) is 0.333. The fourth-order valence-corrected chi connectivity index (χ4v) is 4.62. The second-order valence-corrected chi connectivity index (χ2v) is 8.61. The Bertz CT molecular complexity index is 847. The second-order valence-electron chi connectivity index (χ2n) is 6.31. The van der Waals surface area contributed by atoms with Crippen molar-refractivity contribution in [3.8, 4) is 0 Å². The Morgan fingerprint density at radius 1 is 1.17 bits per heavy atom. The molecule has 0 aliphatic carbocycles. The predicted molar refractivity (Wildman–Crippen MR) is 96.1 cm³/mol. The Labute approximate surface area is 147 Å². The first-order chi connectivity index (χ1) is 11.3. The van der Waals surface area contributed by atoms with E-state index in [-0.39, 0.29) is 11.4 Å². The molecule has 0 saturated heterocycles. The summed E-state index contributed by atoms with van der Waals surface area (Å²) in [6.45, 7) is 4.37. The monoisotopic (exact) mass is 365 g/mol. The van der Waals surface area contributed by atoms with Crippen molar-refractivity contribution in [1.82, 2.24) is 0 Å². The van der Waals surface area contributed by atoms with Crippen LogP contribution in [0.5, 0.6) is 0 Å². The van der Waals surface area contributed by atoms with Crippen molar-refractivity contribution in [3.63, 3.8) is 0 Å². The molecule has 3 rings (SSSR count). The van der Waals surface area contributed by atoms with E-state index in [2.05, 4.69) is 13.8 Å². The van der Waals surface area contributed by atoms with E-state index in [1.807, 2.05) is 12.1 Å². The molecule has 0 aromatic heterocycles. The summed E-state index contributed by atoms with van der Waals surface area (Å²) < 4.78 is 27.4. The van der Waals surface area contributed by atoms with Gasteiger partial charge in [-0.25, -0.2) is 8.42 Å². The van der Waals surface area contributed by atoms with Crippen molar-refractivity contribution in [3.05, 3.63) is 58.6 Å². The number of rotatable bonds is 3. The molecule has 1 N–H and O–H groups in total. The fourth-order valence-electron chi connectivity index (χ4n) is 2.94. The second kappa shape index (κ2) is 6.39. The lowest BCUT2D eigenvalue weighted by atomic mass is 10.0. The molecular formula is C18H20ClNO3S. The molecular weight excluding hydrogens is 346 g/mol. The van der Waals surface area contributed by atoms with Crippen molar-refractivity contribution < 1.29 is 13.5 Å². The number of aliphatic hydroxyl groups is 1. The highest BCUT2D eigenvalue weighted by Gasteiger charge is 2.32. The zero-order valence-electron chi connectivity index (χ0n) is 13.6. The maximum Gasteiger partial charge on any atom is 0.264 e. The van der Waals surface area contributed by atoms with Crippen LogP contribution in [0, 0.1) is 0 Å². The number of halogens is 1. The first-order valence-electron chi connectivity index (χ1n) is 7.91. The lowest BCUT2D eigenvalue weighted by molar-refractivity contribution is 0.166. The minimum absolute atomic E-state index is 0.240. The number of benzene rings is 2. The Hall–Kier alpha value is -1.56. The predicted octanol–water partition coefficient (Wildman–Crippen LogP) is 4.10. The van der Waals surface area contributed by atoms with Crippen molar-refractivity contribution in [2.24, 2.45) is 0 Å². The van der Waals surface area contributed by atoms with Crippen LogP contribution in [0.1, 0.15) is 43.4 Å². The largest absolute Gasteiger partial charge is 0.388 e. The molecule has 0 spiro atoms. The number of fused-ring (bicyclic) bond motifs is 1. The summed E-state index contributed by atoms with van der Waals surface area (Å²) in [5.41, 5.74) is 2.14. The van der Waals surface area contributed by atoms with Gasteiger partial charge in [0.25, 0.3) is 10.0 Å². The lowest BCUT2D eigenvalue weighted by Gasteiger charge is -2.33. The van der Waals surface area contributed by atoms with Gasteiger partial charge < -0.3 is 5.11 Å². The number of sulfonamides is 1. The van der Waals surface area contributed by atoms with Gasteiger partial charge in [-0.3, -0.25) is 4.31 Å². The normalized spacial score (nSPS) is 17.9. The van der Waals surface area contributed by atoms with Crippen LogP contribution in [0.25, 0.3) is 0 Å². The van der Waals surface area contributed by atoms with E-state index in [4.69, 9.17) is 11.6 Å². The number of anilines is 1. The Kier molecular flexibility index (Phi) is 4.60. The Balaban J connectivity index is 2.03. The van der Waals surface area contributed by atoms with Crippen LogP contribution in [-0.4, -0.2) is 20.1 Å². The minimum atomic E-state index is -3.68. The van der Waals surface area contributed by atoms with Gasteiger partial charge in [-0.2, -0.15) is 0 Å². The highest BCUT2D eigenvalue weighted by molar-refractivity contribution is 7.92. The van der Waals surface area contributed by atoms with Gasteiger partial charge in [-0.15, -0.1) is 0 Å². The molecule has 128 valence electrons. The van der Waals surface area contributed by atoms with Crippen LogP contribution >= 0.6 is 11.6 Å². The zero-order valence-corrected chi connectivity index (χ0v) is 15.2. The van der Waals surface area contributed by atoms with Crippen molar-refractivity contribution in [1.29, 1.82) is 0 Å². The molecule has 1 atom stereocenters. The molecule has 6 heteroatoms. The molecule has 1 aliphatic heterocycles. The molecule has 1 heterocycles. The maximum atomic E-state index is 13.0. The Morgan fingerprint density at radius 2 is 1.83 bits per heavy atom. The van der Waals surface area contributed by atoms with E-state index in [1.54, 1.807) is 30.3 Å². The molecule has 24 heavy (non-hydrogen) atoms. The third-order valence-corrected chi connectivity index (χ3v) is 6.42. The summed E-state index contributed by atoms with van der Waals surface area (Å²) >= 11 is 5.99. The van der Waals surface area contributed by atoms with Crippen LogP contribution in [0.4, 0.5) is 5.69 Å². The highest BCUT2D eigenvalue weighted by atomic mass is 35.5. The molecule has 0 amide bonds. The van der Waals surface area contributed by atoms with Crippen LogP contribution in [0.15, 0.2) is 47.4 Å². The summed E-state index contributed by atoms with van der Waals surface area (Å²) in [4.78, 5) is 0.254. The number of hydrogen-bond donors (Lipinski definition) is 1. The van der Waals surface area contributed by atoms with E-state index in [0.717, 1.165) is 5.56 Å². The molecule has 2 aromatic rings. The topological polar surface area (TPSA) is 57.6 Å². The van der Waals surface area contributed by atoms with Gasteiger partial charge in [0, 0.05) is 17.1 Å². The third-order valence-electron chi connectivity index (χ3n) is 4.36. The SMILES string of the molecule is CC(C)c1ccc(S(=O)(=O)N2CCC(O)c3cc(Cl)ccc32)cc1.